The van der Waals surface area contributed by atoms with Crippen molar-refractivity contribution in [2.24, 2.45) is 0 Å². The fraction of sp³-hybridized carbons (Fsp3) is 0.207. The van der Waals surface area contributed by atoms with E-state index in [1.807, 2.05) is 65.7 Å². The summed E-state index contributed by atoms with van der Waals surface area (Å²) >= 11 is 0. The number of methoxy groups -OCH3 is 1. The summed E-state index contributed by atoms with van der Waals surface area (Å²) in [6.07, 6.45) is 9.66. The van der Waals surface area contributed by atoms with Gasteiger partial charge in [0.05, 0.1) is 7.11 Å². The second kappa shape index (κ2) is 11.2. The molecule has 34 heavy (non-hydrogen) atoms. The van der Waals surface area contributed by atoms with Crippen LogP contribution in [-0.2, 0) is 26.9 Å². The van der Waals surface area contributed by atoms with E-state index < -0.39 is 13.1 Å². The number of fused-ring (bicyclic) bond motifs is 1. The molecule has 5 heteroatoms. The first-order valence-electron chi connectivity index (χ1n) is 11.6. The van der Waals surface area contributed by atoms with Gasteiger partial charge in [0.1, 0.15) is 12.9 Å². The third kappa shape index (κ3) is 5.76. The molecule has 0 saturated heterocycles. The lowest BCUT2D eigenvalue weighted by Crippen LogP contribution is -2.25. The Morgan fingerprint density at radius 2 is 1.44 bits per heavy atom. The number of ether oxygens (including phenoxy) is 1. The number of carbonyl (C=O) groups excluding carboxylic acids is 1. The van der Waals surface area contributed by atoms with Gasteiger partial charge < -0.3 is 14.2 Å². The van der Waals surface area contributed by atoms with Crippen molar-refractivity contribution in [2.75, 3.05) is 19.4 Å². The molecule has 3 aromatic rings. The zero-order chi connectivity index (χ0) is 23.8. The molecule has 0 amide bonds. The van der Waals surface area contributed by atoms with E-state index in [1.54, 1.807) is 6.20 Å². The Morgan fingerprint density at radius 3 is 2.03 bits per heavy atom. The highest BCUT2D eigenvalue weighted by Crippen LogP contribution is 2.62. The van der Waals surface area contributed by atoms with E-state index >= 15 is 0 Å². The van der Waals surface area contributed by atoms with Crippen LogP contribution in [0.5, 0.6) is 0 Å². The molecular weight excluding hydrogens is 441 g/mol. The lowest BCUT2D eigenvalue weighted by Gasteiger charge is -2.38. The SMILES string of the molecule is COC(=O)/C=C/N1C=Cc2ccccc2C1P(=O)(CCc1ccccc1)CCc1ccccc1. The summed E-state index contributed by atoms with van der Waals surface area (Å²) in [7, 11) is -1.45. The van der Waals surface area contributed by atoms with Crippen LogP contribution >= 0.6 is 7.14 Å². The average Bonchev–Trinajstić information content (AvgIpc) is 2.90. The largest absolute Gasteiger partial charge is 0.466 e. The van der Waals surface area contributed by atoms with Gasteiger partial charge in [-0.05, 0) is 41.2 Å². The van der Waals surface area contributed by atoms with Gasteiger partial charge in [-0.2, -0.15) is 0 Å². The molecule has 1 atom stereocenters. The first-order chi connectivity index (χ1) is 16.6. The van der Waals surface area contributed by atoms with Gasteiger partial charge >= 0.3 is 5.97 Å². The minimum atomic E-state index is -2.81. The summed E-state index contributed by atoms with van der Waals surface area (Å²) in [5.74, 6) is -0.781. The van der Waals surface area contributed by atoms with Crippen molar-refractivity contribution in [1.82, 2.24) is 4.90 Å². The first-order valence-corrected chi connectivity index (χ1v) is 13.7. The maximum atomic E-state index is 15.0. The van der Waals surface area contributed by atoms with Crippen LogP contribution in [0.1, 0.15) is 28.0 Å². The van der Waals surface area contributed by atoms with Crippen molar-refractivity contribution in [1.29, 1.82) is 0 Å². The maximum Gasteiger partial charge on any atom is 0.331 e. The van der Waals surface area contributed by atoms with Crippen LogP contribution in [0, 0.1) is 0 Å². The molecule has 4 rings (SSSR count). The second-order valence-corrected chi connectivity index (χ2v) is 11.8. The van der Waals surface area contributed by atoms with Crippen molar-refractivity contribution >= 4 is 19.2 Å². The summed E-state index contributed by atoms with van der Waals surface area (Å²) in [6, 6.07) is 28.5. The van der Waals surface area contributed by atoms with Crippen molar-refractivity contribution in [3.8, 4) is 0 Å². The van der Waals surface area contributed by atoms with Crippen molar-refractivity contribution in [2.45, 2.75) is 18.6 Å². The van der Waals surface area contributed by atoms with Crippen LogP contribution in [0.2, 0.25) is 0 Å². The number of benzene rings is 3. The first kappa shape index (κ1) is 23.8. The lowest BCUT2D eigenvalue weighted by molar-refractivity contribution is -0.134. The Kier molecular flexibility index (Phi) is 7.82. The topological polar surface area (TPSA) is 46.6 Å². The van der Waals surface area contributed by atoms with Crippen LogP contribution in [0.3, 0.4) is 0 Å². The molecule has 0 aliphatic carbocycles. The third-order valence-electron chi connectivity index (χ3n) is 6.26. The number of esters is 1. The standard InChI is InChI=1S/C29H30NO3P/c1-33-28(31)17-21-30-20-16-26-14-8-9-15-27(26)29(30)34(32,22-18-24-10-4-2-5-11-24)23-19-25-12-6-3-7-13-25/h2-17,20-21,29H,18-19,22-23H2,1H3/b21-17+. The number of nitrogens with zero attached hydrogens (tertiary/aromatic N) is 1. The minimum absolute atomic E-state index is 0.345. The van der Waals surface area contributed by atoms with Crippen molar-refractivity contribution in [3.05, 3.63) is 126 Å². The van der Waals surface area contributed by atoms with Gasteiger partial charge in [-0.15, -0.1) is 0 Å². The molecule has 0 spiro atoms. The highest BCUT2D eigenvalue weighted by Gasteiger charge is 2.38. The molecule has 1 aliphatic heterocycles. The fourth-order valence-electron chi connectivity index (χ4n) is 4.43. The monoisotopic (exact) mass is 471 g/mol. The van der Waals surface area contributed by atoms with Crippen molar-refractivity contribution < 1.29 is 14.1 Å². The molecule has 1 aliphatic rings. The Labute approximate surface area is 201 Å². The van der Waals surface area contributed by atoms with Crippen LogP contribution in [0.4, 0.5) is 0 Å². The summed E-state index contributed by atoms with van der Waals surface area (Å²) in [4.78, 5) is 13.8. The average molecular weight is 472 g/mol. The second-order valence-electron chi connectivity index (χ2n) is 8.48. The van der Waals surface area contributed by atoms with Gasteiger partial charge in [0, 0.05) is 30.8 Å². The van der Waals surface area contributed by atoms with E-state index in [1.165, 1.54) is 24.3 Å². The number of carbonyl (C=O) groups is 1. The van der Waals surface area contributed by atoms with Gasteiger partial charge in [0.25, 0.3) is 0 Å². The predicted octanol–water partition coefficient (Wildman–Crippen LogP) is 6.51. The van der Waals surface area contributed by atoms with E-state index in [4.69, 9.17) is 4.74 Å². The highest BCUT2D eigenvalue weighted by molar-refractivity contribution is 7.64. The normalized spacial score (nSPS) is 15.3. The Hall–Kier alpha value is -3.36. The van der Waals surface area contributed by atoms with E-state index in [-0.39, 0.29) is 5.78 Å². The predicted molar refractivity (Wildman–Crippen MR) is 139 cm³/mol. The van der Waals surface area contributed by atoms with Gasteiger partial charge in [-0.1, -0.05) is 84.9 Å². The maximum absolute atomic E-state index is 15.0. The molecular formula is C29H30NO3P. The van der Waals surface area contributed by atoms with E-state index in [0.717, 1.165) is 24.0 Å². The fourth-order valence-corrected chi connectivity index (χ4v) is 7.80. The zero-order valence-corrected chi connectivity index (χ0v) is 20.3. The quantitative estimate of drug-likeness (QED) is 0.203. The molecule has 0 saturated carbocycles. The van der Waals surface area contributed by atoms with E-state index in [9.17, 15) is 9.36 Å². The van der Waals surface area contributed by atoms with Crippen LogP contribution in [0.15, 0.2) is 103 Å². The minimum Gasteiger partial charge on any atom is -0.466 e. The summed E-state index contributed by atoms with van der Waals surface area (Å²) in [5.41, 5.74) is 4.45. The molecule has 0 N–H and O–H groups in total. The van der Waals surface area contributed by atoms with Gasteiger partial charge in [-0.3, -0.25) is 0 Å². The lowest BCUT2D eigenvalue weighted by atomic mass is 10.0. The molecule has 1 unspecified atom stereocenters. The Bertz CT molecular complexity index is 1160. The summed E-state index contributed by atoms with van der Waals surface area (Å²) < 4.78 is 19.8. The van der Waals surface area contributed by atoms with Crippen molar-refractivity contribution in [3.63, 3.8) is 0 Å². The molecule has 0 radical (unpaired) electrons. The Balaban J connectivity index is 1.72. The molecule has 174 valence electrons. The summed E-state index contributed by atoms with van der Waals surface area (Å²) in [5, 5.41) is 0. The molecule has 1 heterocycles. The number of hydrogen-bond donors (Lipinski definition) is 0. The van der Waals surface area contributed by atoms with Crippen LogP contribution in [0.25, 0.3) is 6.08 Å². The van der Waals surface area contributed by atoms with E-state index in [0.29, 0.717) is 12.3 Å². The number of aryl methyl sites for hydroxylation is 2. The van der Waals surface area contributed by atoms with Crippen LogP contribution < -0.4 is 0 Å². The van der Waals surface area contributed by atoms with Crippen LogP contribution in [-0.4, -0.2) is 30.3 Å². The Morgan fingerprint density at radius 1 is 0.882 bits per heavy atom. The summed E-state index contributed by atoms with van der Waals surface area (Å²) in [6.45, 7) is 0. The highest BCUT2D eigenvalue weighted by atomic mass is 31.2. The van der Waals surface area contributed by atoms with Gasteiger partial charge in [-0.25, -0.2) is 4.79 Å². The smallest absolute Gasteiger partial charge is 0.331 e. The molecule has 0 aromatic heterocycles. The number of hydrogen-bond acceptors (Lipinski definition) is 4. The third-order valence-corrected chi connectivity index (χ3v) is 9.65. The molecule has 0 bridgehead atoms. The van der Waals surface area contributed by atoms with E-state index in [2.05, 4.69) is 36.4 Å². The number of rotatable bonds is 9. The van der Waals surface area contributed by atoms with Gasteiger partial charge in [0.2, 0.25) is 0 Å². The molecule has 3 aromatic carbocycles. The van der Waals surface area contributed by atoms with Gasteiger partial charge in [0.15, 0.2) is 0 Å². The zero-order valence-electron chi connectivity index (χ0n) is 19.4. The molecule has 4 nitrogen and oxygen atoms in total. The molecule has 0 fully saturated rings.